The average Bonchev–Trinajstić information content (AvgIpc) is 1.99. The molecule has 0 heterocycles. The number of hydrogen-bond acceptors (Lipinski definition) is 2. The Bertz CT molecular complexity index is 132. The van der Waals surface area contributed by atoms with Crippen LogP contribution in [0.3, 0.4) is 0 Å². The topological polar surface area (TPSA) is 58.0 Å². The van der Waals surface area contributed by atoms with Gasteiger partial charge in [-0.15, -0.1) is 0 Å². The number of ether oxygens (including phenoxy) is 1. The lowest BCUT2D eigenvalue weighted by atomic mass is 10.3. The molecule has 0 aromatic carbocycles. The molecule has 0 N–H and O–H groups in total. The lowest BCUT2D eigenvalue weighted by Crippen LogP contribution is -2.08. The van der Waals surface area contributed by atoms with Gasteiger partial charge < -0.3 is 4.74 Å². The zero-order chi connectivity index (χ0) is 8.53. The van der Waals surface area contributed by atoms with Gasteiger partial charge in [0.25, 0.3) is 0 Å². The molecule has 4 heteroatoms. The average molecular weight is 157 g/mol. The first-order valence-electron chi connectivity index (χ1n) is 3.93. The molecule has 0 aromatic rings. The van der Waals surface area contributed by atoms with Gasteiger partial charge in [-0.05, 0) is 12.0 Å². The molecule has 0 rings (SSSR count). The molecule has 11 heavy (non-hydrogen) atoms. The van der Waals surface area contributed by atoms with Gasteiger partial charge in [0.1, 0.15) is 0 Å². The van der Waals surface area contributed by atoms with E-state index in [1.54, 1.807) is 0 Å². The van der Waals surface area contributed by atoms with Gasteiger partial charge in [-0.25, -0.2) is 0 Å². The van der Waals surface area contributed by atoms with E-state index in [-0.39, 0.29) is 6.04 Å². The fraction of sp³-hybridized carbons (Fsp3) is 1.00. The van der Waals surface area contributed by atoms with E-state index in [0.717, 1.165) is 19.4 Å². The second kappa shape index (κ2) is 7.38. The molecule has 64 valence electrons. The number of azide groups is 1. The third kappa shape index (κ3) is 7.16. The zero-order valence-corrected chi connectivity index (χ0v) is 7.16. The Morgan fingerprint density at radius 3 is 2.91 bits per heavy atom. The van der Waals surface area contributed by atoms with Crippen molar-refractivity contribution < 1.29 is 4.74 Å². The van der Waals surface area contributed by atoms with Crippen LogP contribution in [0.1, 0.15) is 26.7 Å². The molecule has 0 aliphatic carbocycles. The molecule has 0 aromatic heterocycles. The summed E-state index contributed by atoms with van der Waals surface area (Å²) < 4.78 is 5.22. The first-order chi connectivity index (χ1) is 5.31. The van der Waals surface area contributed by atoms with Gasteiger partial charge >= 0.3 is 0 Å². The van der Waals surface area contributed by atoms with Crippen LogP contribution in [0.5, 0.6) is 0 Å². The highest BCUT2D eigenvalue weighted by molar-refractivity contribution is 4.58. The van der Waals surface area contributed by atoms with Crippen molar-refractivity contribution >= 4 is 0 Å². The Morgan fingerprint density at radius 1 is 1.64 bits per heavy atom. The summed E-state index contributed by atoms with van der Waals surface area (Å²) >= 11 is 0. The van der Waals surface area contributed by atoms with E-state index in [4.69, 9.17) is 10.3 Å². The zero-order valence-electron chi connectivity index (χ0n) is 7.16. The van der Waals surface area contributed by atoms with Crippen molar-refractivity contribution in [2.24, 2.45) is 5.11 Å². The Morgan fingerprint density at radius 2 is 2.36 bits per heavy atom. The maximum atomic E-state index is 8.04. The monoisotopic (exact) mass is 157 g/mol. The highest BCUT2D eigenvalue weighted by Crippen LogP contribution is 1.93. The van der Waals surface area contributed by atoms with Crippen molar-refractivity contribution in [2.75, 3.05) is 13.2 Å². The quantitative estimate of drug-likeness (QED) is 0.253. The van der Waals surface area contributed by atoms with Crippen LogP contribution in [0.25, 0.3) is 10.4 Å². The molecule has 0 spiro atoms. The molecular formula is C7H15N3O. The predicted molar refractivity (Wildman–Crippen MR) is 44.3 cm³/mol. The van der Waals surface area contributed by atoms with Crippen LogP contribution in [0.2, 0.25) is 0 Å². The highest BCUT2D eigenvalue weighted by Gasteiger charge is 1.96. The Kier molecular flexibility index (Phi) is 6.89. The Hall–Kier alpha value is -0.730. The summed E-state index contributed by atoms with van der Waals surface area (Å²) in [7, 11) is 0. The normalized spacial score (nSPS) is 12.2. The molecule has 0 saturated carbocycles. The summed E-state index contributed by atoms with van der Waals surface area (Å²) in [6.07, 6.45) is 2.21. The molecule has 4 nitrogen and oxygen atoms in total. The second-order valence-electron chi connectivity index (χ2n) is 2.48. The van der Waals surface area contributed by atoms with E-state index in [1.165, 1.54) is 0 Å². The van der Waals surface area contributed by atoms with Crippen LogP contribution >= 0.6 is 0 Å². The SMILES string of the molecule is CCCCOC[C@H](C)N=[N+]=[N-]. The third-order valence-electron chi connectivity index (χ3n) is 1.25. The van der Waals surface area contributed by atoms with Crippen LogP contribution in [-0.2, 0) is 4.74 Å². The van der Waals surface area contributed by atoms with Gasteiger partial charge in [-0.2, -0.15) is 0 Å². The van der Waals surface area contributed by atoms with Crippen molar-refractivity contribution in [3.63, 3.8) is 0 Å². The standard InChI is InChI=1S/C7H15N3O/c1-3-4-5-11-6-7(2)9-10-8/h7H,3-6H2,1-2H3/t7-/m0/s1. The fourth-order valence-corrected chi connectivity index (χ4v) is 0.622. The maximum Gasteiger partial charge on any atom is 0.0579 e. The van der Waals surface area contributed by atoms with Crippen molar-refractivity contribution in [2.45, 2.75) is 32.7 Å². The molecule has 0 aliphatic rings. The predicted octanol–water partition coefficient (Wildman–Crippen LogP) is 2.50. The minimum absolute atomic E-state index is 0.0446. The lowest BCUT2D eigenvalue weighted by molar-refractivity contribution is 0.122. The minimum Gasteiger partial charge on any atom is -0.381 e. The summed E-state index contributed by atoms with van der Waals surface area (Å²) in [5, 5.41) is 3.48. The molecule has 0 radical (unpaired) electrons. The summed E-state index contributed by atoms with van der Waals surface area (Å²) in [4.78, 5) is 2.68. The number of unbranched alkanes of at least 4 members (excludes halogenated alkanes) is 1. The molecule has 0 bridgehead atoms. The van der Waals surface area contributed by atoms with Crippen molar-refractivity contribution in [1.29, 1.82) is 0 Å². The second-order valence-corrected chi connectivity index (χ2v) is 2.48. The lowest BCUT2D eigenvalue weighted by Gasteiger charge is -2.04. The largest absolute Gasteiger partial charge is 0.381 e. The minimum atomic E-state index is -0.0446. The highest BCUT2D eigenvalue weighted by atomic mass is 16.5. The van der Waals surface area contributed by atoms with Gasteiger partial charge in [-0.3, -0.25) is 0 Å². The molecule has 0 fully saturated rings. The van der Waals surface area contributed by atoms with E-state index in [9.17, 15) is 0 Å². The van der Waals surface area contributed by atoms with Gasteiger partial charge in [-0.1, -0.05) is 25.4 Å². The first-order valence-corrected chi connectivity index (χ1v) is 3.93. The van der Waals surface area contributed by atoms with Gasteiger partial charge in [0.2, 0.25) is 0 Å². The van der Waals surface area contributed by atoms with E-state index in [0.29, 0.717) is 6.61 Å². The van der Waals surface area contributed by atoms with E-state index in [2.05, 4.69) is 16.9 Å². The summed E-state index contributed by atoms with van der Waals surface area (Å²) in [5.41, 5.74) is 8.04. The maximum absolute atomic E-state index is 8.04. The van der Waals surface area contributed by atoms with Gasteiger partial charge in [0, 0.05) is 11.5 Å². The Labute approximate surface area is 67.2 Å². The van der Waals surface area contributed by atoms with Crippen molar-refractivity contribution in [3.05, 3.63) is 10.4 Å². The van der Waals surface area contributed by atoms with Gasteiger partial charge in [0.05, 0.1) is 12.6 Å². The van der Waals surface area contributed by atoms with Crippen molar-refractivity contribution in [1.82, 2.24) is 0 Å². The molecular weight excluding hydrogens is 142 g/mol. The summed E-state index contributed by atoms with van der Waals surface area (Å²) in [6.45, 7) is 5.25. The number of nitrogens with zero attached hydrogens (tertiary/aromatic N) is 3. The van der Waals surface area contributed by atoms with Crippen LogP contribution in [0.15, 0.2) is 5.11 Å². The molecule has 0 amide bonds. The molecule has 0 saturated heterocycles. The van der Waals surface area contributed by atoms with Crippen LogP contribution < -0.4 is 0 Å². The molecule has 1 atom stereocenters. The van der Waals surface area contributed by atoms with Crippen molar-refractivity contribution in [3.8, 4) is 0 Å². The summed E-state index contributed by atoms with van der Waals surface area (Å²) in [5.74, 6) is 0. The van der Waals surface area contributed by atoms with E-state index < -0.39 is 0 Å². The molecule has 0 unspecified atom stereocenters. The number of hydrogen-bond donors (Lipinski definition) is 0. The number of rotatable bonds is 6. The summed E-state index contributed by atoms with van der Waals surface area (Å²) in [6, 6.07) is -0.0446. The van der Waals surface area contributed by atoms with E-state index in [1.807, 2.05) is 6.92 Å². The van der Waals surface area contributed by atoms with Crippen LogP contribution in [0, 0.1) is 0 Å². The smallest absolute Gasteiger partial charge is 0.0579 e. The van der Waals surface area contributed by atoms with Crippen LogP contribution in [-0.4, -0.2) is 19.3 Å². The van der Waals surface area contributed by atoms with E-state index >= 15 is 0 Å². The first kappa shape index (κ1) is 10.3. The third-order valence-corrected chi connectivity index (χ3v) is 1.25. The fourth-order valence-electron chi connectivity index (χ4n) is 0.622. The van der Waals surface area contributed by atoms with Gasteiger partial charge in [0.15, 0.2) is 0 Å². The van der Waals surface area contributed by atoms with Crippen LogP contribution in [0.4, 0.5) is 0 Å². The molecule has 0 aliphatic heterocycles. The Balaban J connectivity index is 3.17.